The van der Waals surface area contributed by atoms with E-state index in [1.165, 1.54) is 44.1 Å². The summed E-state index contributed by atoms with van der Waals surface area (Å²) in [5.74, 6) is 0.298. The van der Waals surface area contributed by atoms with E-state index < -0.39 is 0 Å². The summed E-state index contributed by atoms with van der Waals surface area (Å²) in [5.41, 5.74) is 3.43. The average molecular weight is 283 g/mol. The van der Waals surface area contributed by atoms with Crippen LogP contribution in [0, 0.1) is 0 Å². The second-order valence-electron chi connectivity index (χ2n) is 5.58. The molecule has 1 aromatic carbocycles. The minimum Gasteiger partial charge on any atom is -0.508 e. The lowest BCUT2D eigenvalue weighted by Gasteiger charge is -2.09. The fourth-order valence-corrected chi connectivity index (χ4v) is 2.62. The Balaban J connectivity index is 1.95. The number of benzene rings is 1. The Bertz CT molecular complexity index is 534. The van der Waals surface area contributed by atoms with Crippen LogP contribution in [0.1, 0.15) is 51.0 Å². The molecule has 1 aromatic heterocycles. The van der Waals surface area contributed by atoms with Gasteiger partial charge in [0.05, 0.1) is 5.69 Å². The lowest BCUT2D eigenvalue weighted by molar-refractivity contribution is 0.475. The van der Waals surface area contributed by atoms with Crippen molar-refractivity contribution in [1.29, 1.82) is 0 Å². The first-order valence-electron chi connectivity index (χ1n) is 8.04. The molecule has 0 aliphatic carbocycles. The highest BCUT2D eigenvalue weighted by atomic mass is 16.3. The van der Waals surface area contributed by atoms with Crippen LogP contribution in [0.4, 0.5) is 0 Å². The standard InChI is InChI=1S/C19H25NO/c1-2-3-4-5-6-7-9-16-10-8-15-20-19(16)17-11-13-18(21)14-12-17/h8,10-15,21H,2-7,9H2,1H3. The zero-order valence-electron chi connectivity index (χ0n) is 12.9. The summed E-state index contributed by atoms with van der Waals surface area (Å²) in [6.45, 7) is 2.25. The van der Waals surface area contributed by atoms with Crippen molar-refractivity contribution in [2.45, 2.75) is 51.9 Å². The molecular weight excluding hydrogens is 258 g/mol. The average Bonchev–Trinajstić information content (AvgIpc) is 2.52. The number of phenols is 1. The number of rotatable bonds is 8. The van der Waals surface area contributed by atoms with Crippen LogP contribution in [-0.2, 0) is 6.42 Å². The molecule has 2 rings (SSSR count). The Hall–Kier alpha value is -1.83. The van der Waals surface area contributed by atoms with E-state index in [2.05, 4.69) is 18.0 Å². The van der Waals surface area contributed by atoms with E-state index in [0.29, 0.717) is 5.75 Å². The molecule has 1 N–H and O–H groups in total. The molecule has 2 nitrogen and oxygen atoms in total. The van der Waals surface area contributed by atoms with Crippen molar-refractivity contribution < 1.29 is 5.11 Å². The molecule has 0 atom stereocenters. The fourth-order valence-electron chi connectivity index (χ4n) is 2.62. The van der Waals surface area contributed by atoms with Gasteiger partial charge in [-0.05, 0) is 48.7 Å². The lowest BCUT2D eigenvalue weighted by Crippen LogP contribution is -1.93. The molecule has 0 spiro atoms. The van der Waals surface area contributed by atoms with Crippen LogP contribution in [0.15, 0.2) is 42.6 Å². The van der Waals surface area contributed by atoms with Crippen molar-refractivity contribution in [3.8, 4) is 17.0 Å². The van der Waals surface area contributed by atoms with Gasteiger partial charge in [0.1, 0.15) is 5.75 Å². The van der Waals surface area contributed by atoms with E-state index in [1.807, 2.05) is 24.4 Å². The van der Waals surface area contributed by atoms with Gasteiger partial charge in [-0.1, -0.05) is 45.1 Å². The zero-order valence-corrected chi connectivity index (χ0v) is 12.9. The first kappa shape index (κ1) is 15.6. The first-order valence-corrected chi connectivity index (χ1v) is 8.04. The van der Waals surface area contributed by atoms with Gasteiger partial charge in [-0.2, -0.15) is 0 Å². The van der Waals surface area contributed by atoms with Gasteiger partial charge in [0, 0.05) is 11.8 Å². The molecule has 112 valence electrons. The minimum atomic E-state index is 0.298. The third-order valence-corrected chi connectivity index (χ3v) is 3.83. The monoisotopic (exact) mass is 283 g/mol. The number of aryl methyl sites for hydroxylation is 1. The Kier molecular flexibility index (Phi) is 6.26. The number of aromatic nitrogens is 1. The maximum Gasteiger partial charge on any atom is 0.115 e. The molecule has 2 heteroatoms. The number of pyridine rings is 1. The lowest BCUT2D eigenvalue weighted by atomic mass is 10.00. The molecule has 0 radical (unpaired) electrons. The molecule has 0 aliphatic heterocycles. The second kappa shape index (κ2) is 8.46. The van der Waals surface area contributed by atoms with Crippen molar-refractivity contribution in [2.75, 3.05) is 0 Å². The van der Waals surface area contributed by atoms with Gasteiger partial charge in [-0.3, -0.25) is 4.98 Å². The Morgan fingerprint density at radius 1 is 0.905 bits per heavy atom. The van der Waals surface area contributed by atoms with Crippen LogP contribution < -0.4 is 0 Å². The summed E-state index contributed by atoms with van der Waals surface area (Å²) in [4.78, 5) is 4.53. The minimum absolute atomic E-state index is 0.298. The molecule has 1 heterocycles. The van der Waals surface area contributed by atoms with Gasteiger partial charge in [-0.15, -0.1) is 0 Å². The highest BCUT2D eigenvalue weighted by molar-refractivity contribution is 5.63. The van der Waals surface area contributed by atoms with Crippen LogP contribution in [0.25, 0.3) is 11.3 Å². The third kappa shape index (κ3) is 4.89. The van der Waals surface area contributed by atoms with Gasteiger partial charge in [0.25, 0.3) is 0 Å². The van der Waals surface area contributed by atoms with E-state index in [0.717, 1.165) is 17.7 Å². The first-order chi connectivity index (χ1) is 10.3. The topological polar surface area (TPSA) is 33.1 Å². The highest BCUT2D eigenvalue weighted by Crippen LogP contribution is 2.24. The van der Waals surface area contributed by atoms with Crippen molar-refractivity contribution in [3.63, 3.8) is 0 Å². The summed E-state index contributed by atoms with van der Waals surface area (Å²) in [6, 6.07) is 11.5. The zero-order chi connectivity index (χ0) is 14.9. The molecule has 2 aromatic rings. The second-order valence-corrected chi connectivity index (χ2v) is 5.58. The van der Waals surface area contributed by atoms with Crippen LogP contribution in [-0.4, -0.2) is 10.1 Å². The number of hydrogen-bond acceptors (Lipinski definition) is 2. The summed E-state index contributed by atoms with van der Waals surface area (Å²) in [5, 5.41) is 9.40. The predicted octanol–water partition coefficient (Wildman–Crippen LogP) is 5.36. The molecule has 0 saturated carbocycles. The molecule has 0 aliphatic rings. The largest absolute Gasteiger partial charge is 0.508 e. The van der Waals surface area contributed by atoms with Crippen LogP contribution in [0.3, 0.4) is 0 Å². The smallest absolute Gasteiger partial charge is 0.115 e. The Morgan fingerprint density at radius 3 is 2.38 bits per heavy atom. The maximum absolute atomic E-state index is 9.40. The number of aromatic hydroxyl groups is 1. The Labute approximate surface area is 127 Å². The van der Waals surface area contributed by atoms with Crippen molar-refractivity contribution in [2.24, 2.45) is 0 Å². The number of phenolic OH excluding ortho intramolecular Hbond substituents is 1. The fraction of sp³-hybridized carbons (Fsp3) is 0.421. The summed E-state index contributed by atoms with van der Waals surface area (Å²) in [7, 11) is 0. The van der Waals surface area contributed by atoms with Gasteiger partial charge in [-0.25, -0.2) is 0 Å². The summed E-state index contributed by atoms with van der Waals surface area (Å²) >= 11 is 0. The molecule has 0 bridgehead atoms. The van der Waals surface area contributed by atoms with Crippen molar-refractivity contribution >= 4 is 0 Å². The Morgan fingerprint density at radius 2 is 1.62 bits per heavy atom. The van der Waals surface area contributed by atoms with Crippen LogP contribution >= 0.6 is 0 Å². The van der Waals surface area contributed by atoms with Gasteiger partial charge < -0.3 is 5.11 Å². The summed E-state index contributed by atoms with van der Waals surface area (Å²) in [6.07, 6.45) is 10.8. The highest BCUT2D eigenvalue weighted by Gasteiger charge is 2.06. The van der Waals surface area contributed by atoms with Crippen LogP contribution in [0.5, 0.6) is 5.75 Å². The van der Waals surface area contributed by atoms with E-state index in [-0.39, 0.29) is 0 Å². The van der Waals surface area contributed by atoms with E-state index in [1.54, 1.807) is 12.1 Å². The van der Waals surface area contributed by atoms with Crippen molar-refractivity contribution in [3.05, 3.63) is 48.2 Å². The number of unbranched alkanes of at least 4 members (excludes halogenated alkanes) is 5. The van der Waals surface area contributed by atoms with Gasteiger partial charge in [0.2, 0.25) is 0 Å². The molecular formula is C19H25NO. The van der Waals surface area contributed by atoms with Crippen LogP contribution in [0.2, 0.25) is 0 Å². The van der Waals surface area contributed by atoms with Crippen molar-refractivity contribution in [1.82, 2.24) is 4.98 Å². The van der Waals surface area contributed by atoms with Gasteiger partial charge in [0.15, 0.2) is 0 Å². The quantitative estimate of drug-likeness (QED) is 0.662. The van der Waals surface area contributed by atoms with E-state index in [4.69, 9.17) is 0 Å². The number of hydrogen-bond donors (Lipinski definition) is 1. The molecule has 0 fully saturated rings. The maximum atomic E-state index is 9.40. The molecule has 21 heavy (non-hydrogen) atoms. The van der Waals surface area contributed by atoms with E-state index >= 15 is 0 Å². The predicted molar refractivity (Wildman–Crippen MR) is 88.4 cm³/mol. The molecule has 0 amide bonds. The molecule has 0 saturated heterocycles. The van der Waals surface area contributed by atoms with Gasteiger partial charge >= 0.3 is 0 Å². The SMILES string of the molecule is CCCCCCCCc1cccnc1-c1ccc(O)cc1. The normalized spacial score (nSPS) is 10.7. The van der Waals surface area contributed by atoms with E-state index in [9.17, 15) is 5.11 Å². The third-order valence-electron chi connectivity index (χ3n) is 3.83. The summed E-state index contributed by atoms with van der Waals surface area (Å²) < 4.78 is 0. The molecule has 0 unspecified atom stereocenters. The number of nitrogens with zero attached hydrogens (tertiary/aromatic N) is 1.